The molecule has 0 fully saturated rings. The van der Waals surface area contributed by atoms with E-state index in [1.165, 1.54) is 32.3 Å². The van der Waals surface area contributed by atoms with Crippen molar-refractivity contribution in [3.63, 3.8) is 0 Å². The van der Waals surface area contributed by atoms with Crippen LogP contribution in [0.4, 0.5) is 10.1 Å². The van der Waals surface area contributed by atoms with E-state index in [0.717, 1.165) is 20.2 Å². The number of anilines is 1. The first-order chi connectivity index (χ1) is 12.8. The minimum absolute atomic E-state index is 0.172. The third-order valence-electron chi connectivity index (χ3n) is 4.09. The summed E-state index contributed by atoms with van der Waals surface area (Å²) in [5.41, 5.74) is 0.746. The Labute approximate surface area is 159 Å². The monoisotopic (exact) mass is 393 g/mol. The molecule has 0 aliphatic rings. The molecule has 2 rings (SSSR count). The summed E-state index contributed by atoms with van der Waals surface area (Å²) in [5.74, 6) is -1.23. The van der Waals surface area contributed by atoms with Crippen LogP contribution in [0.1, 0.15) is 24.9 Å². The summed E-state index contributed by atoms with van der Waals surface area (Å²) in [4.78, 5) is 12.6. The van der Waals surface area contributed by atoms with E-state index in [9.17, 15) is 17.6 Å². The van der Waals surface area contributed by atoms with Gasteiger partial charge in [-0.05, 0) is 24.1 Å². The molecule has 8 heteroatoms. The molecule has 0 bridgehead atoms. The van der Waals surface area contributed by atoms with Crippen molar-refractivity contribution in [3.05, 3.63) is 66.0 Å². The van der Waals surface area contributed by atoms with Crippen LogP contribution >= 0.6 is 0 Å². The molecular weight excluding hydrogens is 369 g/mol. The molecule has 0 radical (unpaired) electrons. The minimum atomic E-state index is -4.05. The number of carbonyl (C=O) groups is 1. The van der Waals surface area contributed by atoms with Crippen molar-refractivity contribution in [2.75, 3.05) is 24.9 Å². The molecule has 146 valence electrons. The molecule has 1 amide bonds. The van der Waals surface area contributed by atoms with Gasteiger partial charge in [0.1, 0.15) is 12.4 Å². The lowest BCUT2D eigenvalue weighted by atomic mass is 10.0. The fourth-order valence-electron chi connectivity index (χ4n) is 2.62. The van der Waals surface area contributed by atoms with Crippen molar-refractivity contribution < 1.29 is 17.6 Å². The number of hydrogen-bond donors (Lipinski definition) is 1. The van der Waals surface area contributed by atoms with Crippen LogP contribution < -0.4 is 9.62 Å². The third kappa shape index (κ3) is 5.05. The number of nitrogens with zero attached hydrogens (tertiary/aromatic N) is 2. The van der Waals surface area contributed by atoms with Crippen molar-refractivity contribution in [1.29, 1.82) is 0 Å². The number of nitrogens with one attached hydrogen (secondary N) is 1. The molecule has 0 saturated heterocycles. The highest BCUT2D eigenvalue weighted by Crippen LogP contribution is 2.23. The predicted molar refractivity (Wildman–Crippen MR) is 104 cm³/mol. The van der Waals surface area contributed by atoms with Crippen LogP contribution in [-0.4, -0.2) is 39.3 Å². The van der Waals surface area contributed by atoms with Gasteiger partial charge in [0.25, 0.3) is 0 Å². The number of para-hydroxylation sites is 1. The van der Waals surface area contributed by atoms with Crippen molar-refractivity contribution in [1.82, 2.24) is 9.62 Å². The minimum Gasteiger partial charge on any atom is -0.348 e. The van der Waals surface area contributed by atoms with Gasteiger partial charge in [-0.3, -0.25) is 4.79 Å². The van der Waals surface area contributed by atoms with Crippen LogP contribution in [0, 0.1) is 5.82 Å². The van der Waals surface area contributed by atoms with Gasteiger partial charge in [0, 0.05) is 14.1 Å². The van der Waals surface area contributed by atoms with Gasteiger partial charge < -0.3 is 5.32 Å². The smallest absolute Gasteiger partial charge is 0.304 e. The lowest BCUT2D eigenvalue weighted by molar-refractivity contribution is -0.120. The first kappa shape index (κ1) is 20.9. The predicted octanol–water partition coefficient (Wildman–Crippen LogP) is 2.71. The Hall–Kier alpha value is -2.45. The van der Waals surface area contributed by atoms with Gasteiger partial charge in [-0.2, -0.15) is 12.7 Å². The molecule has 1 N–H and O–H groups in total. The number of benzene rings is 2. The average Bonchev–Trinajstić information content (AvgIpc) is 2.65. The Kier molecular flexibility index (Phi) is 6.92. The Morgan fingerprint density at radius 3 is 2.22 bits per heavy atom. The van der Waals surface area contributed by atoms with E-state index in [-0.39, 0.29) is 11.7 Å². The molecular formula is C19H24FN3O3S. The topological polar surface area (TPSA) is 69.7 Å². The van der Waals surface area contributed by atoms with Gasteiger partial charge in [0.15, 0.2) is 0 Å². The molecule has 0 aliphatic carbocycles. The zero-order valence-corrected chi connectivity index (χ0v) is 16.4. The maximum absolute atomic E-state index is 14.2. The standard InChI is InChI=1S/C19H24FN3O3S/c1-4-17(15-10-6-5-7-11-15)21-19(24)14-23(27(25,26)22(2)3)18-13-9-8-12-16(18)20/h5-13,17H,4,14H2,1-3H3,(H,21,24). The Morgan fingerprint density at radius 1 is 1.07 bits per heavy atom. The highest BCUT2D eigenvalue weighted by molar-refractivity contribution is 7.90. The molecule has 27 heavy (non-hydrogen) atoms. The van der Waals surface area contributed by atoms with Gasteiger partial charge in [-0.25, -0.2) is 8.70 Å². The fourth-order valence-corrected chi connectivity index (χ4v) is 3.69. The second-order valence-corrected chi connectivity index (χ2v) is 8.25. The largest absolute Gasteiger partial charge is 0.348 e. The van der Waals surface area contributed by atoms with E-state index in [1.54, 1.807) is 0 Å². The number of hydrogen-bond acceptors (Lipinski definition) is 3. The molecule has 1 atom stereocenters. The molecule has 2 aromatic rings. The SMILES string of the molecule is CCC(NC(=O)CN(c1ccccc1F)S(=O)(=O)N(C)C)c1ccccc1. The zero-order valence-electron chi connectivity index (χ0n) is 15.6. The summed E-state index contributed by atoms with van der Waals surface area (Å²) in [6.07, 6.45) is 0.635. The summed E-state index contributed by atoms with van der Waals surface area (Å²) in [7, 11) is -1.38. The van der Waals surface area contributed by atoms with Crippen LogP contribution in [0.25, 0.3) is 0 Å². The number of halogens is 1. The van der Waals surface area contributed by atoms with E-state index in [0.29, 0.717) is 6.42 Å². The van der Waals surface area contributed by atoms with Crippen molar-refractivity contribution in [3.8, 4) is 0 Å². The highest BCUT2D eigenvalue weighted by Gasteiger charge is 2.29. The van der Waals surface area contributed by atoms with E-state index in [2.05, 4.69) is 5.32 Å². The number of carbonyl (C=O) groups excluding carboxylic acids is 1. The number of amides is 1. The molecule has 0 aliphatic heterocycles. The van der Waals surface area contributed by atoms with Crippen LogP contribution in [0.2, 0.25) is 0 Å². The first-order valence-electron chi connectivity index (χ1n) is 8.56. The second-order valence-electron chi connectivity index (χ2n) is 6.19. The van der Waals surface area contributed by atoms with Crippen molar-refractivity contribution in [2.24, 2.45) is 0 Å². The van der Waals surface area contributed by atoms with Gasteiger partial charge in [0.2, 0.25) is 5.91 Å². The third-order valence-corrected chi connectivity index (χ3v) is 5.90. The lowest BCUT2D eigenvalue weighted by Crippen LogP contribution is -2.46. The number of rotatable bonds is 8. The van der Waals surface area contributed by atoms with E-state index in [4.69, 9.17) is 0 Å². The summed E-state index contributed by atoms with van der Waals surface area (Å²) in [5, 5.41) is 2.83. The van der Waals surface area contributed by atoms with Crippen molar-refractivity contribution >= 4 is 21.8 Å². The Morgan fingerprint density at radius 2 is 1.67 bits per heavy atom. The highest BCUT2D eigenvalue weighted by atomic mass is 32.2. The second kappa shape index (κ2) is 8.96. The molecule has 2 aromatic carbocycles. The van der Waals surface area contributed by atoms with Gasteiger partial charge in [0.05, 0.1) is 11.7 Å². The summed E-state index contributed by atoms with van der Waals surface area (Å²) >= 11 is 0. The fraction of sp³-hybridized carbons (Fsp3) is 0.316. The van der Waals surface area contributed by atoms with Crippen molar-refractivity contribution in [2.45, 2.75) is 19.4 Å². The van der Waals surface area contributed by atoms with Crippen LogP contribution in [0.5, 0.6) is 0 Å². The summed E-state index contributed by atoms with van der Waals surface area (Å²) in [6.45, 7) is 1.40. The van der Waals surface area contributed by atoms with Crippen LogP contribution in [0.15, 0.2) is 54.6 Å². The van der Waals surface area contributed by atoms with E-state index < -0.39 is 28.5 Å². The Bertz CT molecular complexity index is 873. The van der Waals surface area contributed by atoms with E-state index >= 15 is 0 Å². The first-order valence-corrected chi connectivity index (χ1v) is 9.96. The Balaban J connectivity index is 2.27. The maximum Gasteiger partial charge on any atom is 0.304 e. The molecule has 6 nitrogen and oxygen atoms in total. The zero-order chi connectivity index (χ0) is 20.0. The lowest BCUT2D eigenvalue weighted by Gasteiger charge is -2.28. The molecule has 1 unspecified atom stereocenters. The molecule has 0 saturated carbocycles. The van der Waals surface area contributed by atoms with Gasteiger partial charge in [-0.1, -0.05) is 49.4 Å². The average molecular weight is 393 g/mol. The van der Waals surface area contributed by atoms with Crippen LogP contribution in [0.3, 0.4) is 0 Å². The molecule has 0 spiro atoms. The molecule has 0 aromatic heterocycles. The van der Waals surface area contributed by atoms with Gasteiger partial charge >= 0.3 is 10.2 Å². The normalized spacial score (nSPS) is 12.6. The molecule has 0 heterocycles. The van der Waals surface area contributed by atoms with Gasteiger partial charge in [-0.15, -0.1) is 0 Å². The summed E-state index contributed by atoms with van der Waals surface area (Å²) < 4.78 is 41.2. The van der Waals surface area contributed by atoms with Crippen LogP contribution in [-0.2, 0) is 15.0 Å². The van der Waals surface area contributed by atoms with E-state index in [1.807, 2.05) is 37.3 Å². The quantitative estimate of drug-likeness (QED) is 0.750. The summed E-state index contributed by atoms with van der Waals surface area (Å²) in [6, 6.07) is 14.6. The maximum atomic E-state index is 14.2.